The molecule has 0 bridgehead atoms. The molecule has 4 rings (SSSR count). The van der Waals surface area contributed by atoms with Gasteiger partial charge in [-0.25, -0.2) is 5.48 Å². The Morgan fingerprint density at radius 2 is 1.87 bits per heavy atom. The number of hydrogen-bond acceptors (Lipinski definition) is 6. The molecular weight excluding hydrogens is 470 g/mol. The first-order valence-electron chi connectivity index (χ1n) is 9.35. The molecule has 2 aromatic carbocycles. The Labute approximate surface area is 185 Å². The van der Waals surface area contributed by atoms with E-state index in [1.54, 1.807) is 42.5 Å². The van der Waals surface area contributed by atoms with E-state index in [9.17, 15) is 14.4 Å². The normalized spacial score (nSPS) is 16.7. The minimum Gasteiger partial charge on any atom is -0.336 e. The number of amides is 3. The topological polar surface area (TPSA) is 117 Å². The van der Waals surface area contributed by atoms with Crippen molar-refractivity contribution in [1.82, 2.24) is 5.48 Å². The zero-order valence-corrected chi connectivity index (χ0v) is 17.7. The molecule has 0 radical (unpaired) electrons. The lowest BCUT2D eigenvalue weighted by atomic mass is 10.1. The van der Waals surface area contributed by atoms with Crippen LogP contribution < -0.4 is 15.7 Å². The molecule has 2 heterocycles. The Morgan fingerprint density at radius 3 is 2.55 bits per heavy atom. The maximum Gasteiger partial charge on any atom is 0.293 e. The second kappa shape index (κ2) is 8.60. The highest BCUT2D eigenvalue weighted by Crippen LogP contribution is 2.46. The van der Waals surface area contributed by atoms with Crippen molar-refractivity contribution in [2.24, 2.45) is 0 Å². The summed E-state index contributed by atoms with van der Waals surface area (Å²) in [6.45, 7) is 0.372. The van der Waals surface area contributed by atoms with Gasteiger partial charge in [0.1, 0.15) is 6.54 Å². The largest absolute Gasteiger partial charge is 0.336 e. The molecular formula is C21H18BrN3O6. The van der Waals surface area contributed by atoms with Gasteiger partial charge in [-0.1, -0.05) is 28.1 Å². The van der Waals surface area contributed by atoms with Crippen LogP contribution >= 0.6 is 15.9 Å². The number of halogens is 1. The second-order valence-corrected chi connectivity index (χ2v) is 7.76. The van der Waals surface area contributed by atoms with Gasteiger partial charge in [-0.2, -0.15) is 0 Å². The monoisotopic (exact) mass is 487 g/mol. The van der Waals surface area contributed by atoms with Gasteiger partial charge in [-0.3, -0.25) is 24.5 Å². The number of carbonyl (C=O) groups is 3. The molecule has 2 aromatic rings. The van der Waals surface area contributed by atoms with Gasteiger partial charge in [-0.15, -0.1) is 0 Å². The lowest BCUT2D eigenvalue weighted by Crippen LogP contribution is -2.44. The molecule has 0 atom stereocenters. The molecule has 1 spiro atoms. The minimum absolute atomic E-state index is 0.208. The maximum absolute atomic E-state index is 13.1. The summed E-state index contributed by atoms with van der Waals surface area (Å²) in [5, 5.41) is 11.2. The molecule has 1 saturated heterocycles. The fraction of sp³-hybridized carbons (Fsp3) is 0.190. The smallest absolute Gasteiger partial charge is 0.293 e. The molecule has 31 heavy (non-hydrogen) atoms. The van der Waals surface area contributed by atoms with Gasteiger partial charge in [0.25, 0.3) is 17.6 Å². The number of hydroxylamine groups is 1. The van der Waals surface area contributed by atoms with E-state index in [1.165, 1.54) is 22.5 Å². The quantitative estimate of drug-likeness (QED) is 0.338. The van der Waals surface area contributed by atoms with Crippen molar-refractivity contribution in [2.75, 3.05) is 30.0 Å². The van der Waals surface area contributed by atoms with E-state index in [4.69, 9.17) is 14.7 Å². The van der Waals surface area contributed by atoms with Gasteiger partial charge in [0.05, 0.1) is 18.9 Å². The zero-order chi connectivity index (χ0) is 22.0. The summed E-state index contributed by atoms with van der Waals surface area (Å²) in [5.74, 6) is -2.97. The number of anilines is 2. The van der Waals surface area contributed by atoms with Crippen LogP contribution in [0.4, 0.5) is 11.4 Å². The van der Waals surface area contributed by atoms with E-state index in [0.717, 1.165) is 4.47 Å². The Hall–Kier alpha value is -3.05. The average Bonchev–Trinajstić information content (AvgIpc) is 3.34. The number of hydrogen-bond donors (Lipinski definition) is 3. The zero-order valence-electron chi connectivity index (χ0n) is 16.1. The second-order valence-electron chi connectivity index (χ2n) is 6.85. The lowest BCUT2D eigenvalue weighted by Gasteiger charge is -2.21. The van der Waals surface area contributed by atoms with Gasteiger partial charge in [0.15, 0.2) is 0 Å². The van der Waals surface area contributed by atoms with Gasteiger partial charge >= 0.3 is 0 Å². The third kappa shape index (κ3) is 4.10. The van der Waals surface area contributed by atoms with Crippen molar-refractivity contribution in [1.29, 1.82) is 0 Å². The molecule has 10 heteroatoms. The van der Waals surface area contributed by atoms with Crippen molar-refractivity contribution >= 4 is 51.1 Å². The first-order valence-corrected chi connectivity index (χ1v) is 10.1. The van der Waals surface area contributed by atoms with Crippen molar-refractivity contribution < 1.29 is 29.1 Å². The molecule has 2 aliphatic rings. The summed E-state index contributed by atoms with van der Waals surface area (Å²) in [6.07, 6.45) is 2.68. The molecule has 0 unspecified atom stereocenters. The van der Waals surface area contributed by atoms with Crippen LogP contribution in [0.15, 0.2) is 53.0 Å². The molecule has 3 N–H and O–H groups in total. The van der Waals surface area contributed by atoms with Crippen LogP contribution in [0.2, 0.25) is 0 Å². The predicted molar refractivity (Wildman–Crippen MR) is 114 cm³/mol. The average molecular weight is 488 g/mol. The van der Waals surface area contributed by atoms with E-state index < -0.39 is 17.6 Å². The van der Waals surface area contributed by atoms with E-state index in [0.29, 0.717) is 35.7 Å². The van der Waals surface area contributed by atoms with Crippen molar-refractivity contribution in [2.45, 2.75) is 5.79 Å². The summed E-state index contributed by atoms with van der Waals surface area (Å²) in [6, 6.07) is 12.0. The number of carbonyl (C=O) groups excluding carboxylic acids is 3. The van der Waals surface area contributed by atoms with Crippen LogP contribution in [0.5, 0.6) is 0 Å². The molecule has 1 fully saturated rings. The van der Waals surface area contributed by atoms with Gasteiger partial charge in [0, 0.05) is 21.8 Å². The standard InChI is InChI=1S/C21H18BrN3O6/c22-14-4-7-17-16(11-14)21(30-9-10-31-21)20(28)25(17)12-19(27)23-15-5-1-13(2-6-15)3-8-18(26)24-29/h1-8,11,29H,9-10,12H2,(H,23,27)(H,24,26)/b8-3+. The number of benzene rings is 2. The first kappa shape index (κ1) is 21.2. The van der Waals surface area contributed by atoms with Crippen LogP contribution in [0.25, 0.3) is 6.08 Å². The molecule has 160 valence electrons. The predicted octanol–water partition coefficient (Wildman–Crippen LogP) is 2.15. The lowest BCUT2D eigenvalue weighted by molar-refractivity contribution is -0.180. The summed E-state index contributed by atoms with van der Waals surface area (Å²) >= 11 is 3.40. The van der Waals surface area contributed by atoms with E-state index in [-0.39, 0.29) is 12.5 Å². The van der Waals surface area contributed by atoms with Gasteiger partial charge < -0.3 is 14.8 Å². The Kier molecular flexibility index (Phi) is 5.88. The highest BCUT2D eigenvalue weighted by atomic mass is 79.9. The Bertz CT molecular complexity index is 1060. The molecule has 0 aliphatic carbocycles. The highest BCUT2D eigenvalue weighted by Gasteiger charge is 2.56. The van der Waals surface area contributed by atoms with E-state index in [2.05, 4.69) is 21.2 Å². The maximum atomic E-state index is 13.1. The SMILES string of the molecule is O=C(/C=C/c1ccc(NC(=O)CN2C(=O)C3(OCCO3)c3cc(Br)ccc32)cc1)NO. The minimum atomic E-state index is -1.51. The van der Waals surface area contributed by atoms with Gasteiger partial charge in [0.2, 0.25) is 5.91 Å². The van der Waals surface area contributed by atoms with Crippen LogP contribution in [0.3, 0.4) is 0 Å². The Morgan fingerprint density at radius 1 is 1.16 bits per heavy atom. The fourth-order valence-corrected chi connectivity index (χ4v) is 3.85. The molecule has 0 saturated carbocycles. The van der Waals surface area contributed by atoms with Crippen molar-refractivity contribution in [3.63, 3.8) is 0 Å². The number of rotatable bonds is 5. The third-order valence-electron chi connectivity index (χ3n) is 4.86. The number of nitrogens with one attached hydrogen (secondary N) is 2. The highest BCUT2D eigenvalue weighted by molar-refractivity contribution is 9.10. The number of nitrogens with zero attached hydrogens (tertiary/aromatic N) is 1. The van der Waals surface area contributed by atoms with E-state index in [1.807, 2.05) is 0 Å². The van der Waals surface area contributed by atoms with Crippen LogP contribution in [0, 0.1) is 0 Å². The summed E-state index contributed by atoms with van der Waals surface area (Å²) in [4.78, 5) is 38.1. The third-order valence-corrected chi connectivity index (χ3v) is 5.35. The first-order chi connectivity index (χ1) is 14.9. The Balaban J connectivity index is 1.47. The molecule has 0 aromatic heterocycles. The van der Waals surface area contributed by atoms with Gasteiger partial charge in [-0.05, 0) is 42.0 Å². The number of fused-ring (bicyclic) bond motifs is 2. The van der Waals surface area contributed by atoms with E-state index >= 15 is 0 Å². The summed E-state index contributed by atoms with van der Waals surface area (Å²) < 4.78 is 12.1. The van der Waals surface area contributed by atoms with Crippen LogP contribution in [0.1, 0.15) is 11.1 Å². The molecule has 9 nitrogen and oxygen atoms in total. The van der Waals surface area contributed by atoms with Crippen LogP contribution in [-0.4, -0.2) is 42.7 Å². The van der Waals surface area contributed by atoms with Crippen molar-refractivity contribution in [3.8, 4) is 0 Å². The summed E-state index contributed by atoms with van der Waals surface area (Å²) in [5.41, 5.74) is 3.87. The van der Waals surface area contributed by atoms with Crippen molar-refractivity contribution in [3.05, 3.63) is 64.1 Å². The van der Waals surface area contributed by atoms with Crippen LogP contribution in [-0.2, 0) is 29.6 Å². The molecule has 3 amide bonds. The fourth-order valence-electron chi connectivity index (χ4n) is 3.49. The number of ether oxygens (including phenoxy) is 2. The molecule has 2 aliphatic heterocycles. The summed E-state index contributed by atoms with van der Waals surface area (Å²) in [7, 11) is 0.